The number of ketones is 1. The van der Waals surface area contributed by atoms with Gasteiger partial charge in [-0.2, -0.15) is 0 Å². The van der Waals surface area contributed by atoms with E-state index in [1.54, 1.807) is 43.5 Å². The first kappa shape index (κ1) is 25.3. The van der Waals surface area contributed by atoms with Crippen LogP contribution in [0.1, 0.15) is 50.3 Å². The van der Waals surface area contributed by atoms with Crippen molar-refractivity contribution in [3.8, 4) is 11.5 Å². The number of nitrogens with zero attached hydrogens (tertiary/aromatic N) is 1. The van der Waals surface area contributed by atoms with Gasteiger partial charge in [0.2, 0.25) is 0 Å². The number of likely N-dealkylation sites (tertiary alicyclic amines) is 1. The van der Waals surface area contributed by atoms with Crippen LogP contribution >= 0.6 is 0 Å². The maximum atomic E-state index is 13.1. The fourth-order valence-corrected chi connectivity index (χ4v) is 3.95. The van der Waals surface area contributed by atoms with Gasteiger partial charge in [0.25, 0.3) is 11.7 Å². The Hall–Kier alpha value is -3.32. The zero-order valence-corrected chi connectivity index (χ0v) is 20.1. The minimum atomic E-state index is -0.701. The number of amides is 1. The highest BCUT2D eigenvalue weighted by atomic mass is 16.5. The van der Waals surface area contributed by atoms with Gasteiger partial charge < -0.3 is 24.2 Å². The van der Waals surface area contributed by atoms with E-state index >= 15 is 0 Å². The van der Waals surface area contributed by atoms with Crippen molar-refractivity contribution in [2.24, 2.45) is 0 Å². The minimum Gasteiger partial charge on any atom is -0.507 e. The molecule has 1 N–H and O–H groups in total. The number of Topliss-reactive ketones (excluding diaryl/α,β-unsaturated/α-hetero) is 1. The van der Waals surface area contributed by atoms with Crippen molar-refractivity contribution in [2.45, 2.75) is 39.2 Å². The van der Waals surface area contributed by atoms with Crippen LogP contribution < -0.4 is 9.47 Å². The number of benzene rings is 2. The lowest BCUT2D eigenvalue weighted by Gasteiger charge is -2.25. The lowest BCUT2D eigenvalue weighted by Crippen LogP contribution is -2.31. The molecule has 1 heterocycles. The van der Waals surface area contributed by atoms with Crippen molar-refractivity contribution < 1.29 is 28.9 Å². The Morgan fingerprint density at radius 1 is 0.912 bits per heavy atom. The monoisotopic (exact) mass is 467 g/mol. The van der Waals surface area contributed by atoms with Gasteiger partial charge in [-0.15, -0.1) is 0 Å². The number of carbonyl (C=O) groups excluding carboxylic acids is 2. The highest BCUT2D eigenvalue weighted by Crippen LogP contribution is 2.40. The Labute approximate surface area is 200 Å². The number of carbonyl (C=O) groups is 2. The highest BCUT2D eigenvalue weighted by molar-refractivity contribution is 6.46. The normalized spacial score (nSPS) is 17.3. The molecule has 2 aromatic carbocycles. The summed E-state index contributed by atoms with van der Waals surface area (Å²) in [5.41, 5.74) is 1.25. The van der Waals surface area contributed by atoms with Crippen molar-refractivity contribution in [3.63, 3.8) is 0 Å². The van der Waals surface area contributed by atoms with E-state index in [0.717, 1.165) is 18.4 Å². The van der Waals surface area contributed by atoms with Gasteiger partial charge in [-0.1, -0.05) is 25.5 Å². The van der Waals surface area contributed by atoms with Crippen LogP contribution in [-0.4, -0.2) is 55.2 Å². The van der Waals surface area contributed by atoms with Gasteiger partial charge in [0.15, 0.2) is 0 Å². The van der Waals surface area contributed by atoms with Gasteiger partial charge in [-0.3, -0.25) is 9.59 Å². The highest BCUT2D eigenvalue weighted by Gasteiger charge is 2.45. The van der Waals surface area contributed by atoms with Crippen molar-refractivity contribution in [3.05, 3.63) is 65.2 Å². The van der Waals surface area contributed by atoms with E-state index in [1.165, 1.54) is 4.90 Å². The third-order valence-corrected chi connectivity index (χ3v) is 5.69. The topological polar surface area (TPSA) is 85.3 Å². The molecule has 182 valence electrons. The second-order valence-corrected chi connectivity index (χ2v) is 8.07. The molecule has 34 heavy (non-hydrogen) atoms. The molecule has 1 atom stereocenters. The molecule has 7 heteroatoms. The number of aliphatic hydroxyl groups excluding tert-OH is 1. The predicted molar refractivity (Wildman–Crippen MR) is 130 cm³/mol. The van der Waals surface area contributed by atoms with E-state index in [0.29, 0.717) is 49.8 Å². The second kappa shape index (κ2) is 12.2. The molecule has 0 aromatic heterocycles. The summed E-state index contributed by atoms with van der Waals surface area (Å²) < 4.78 is 16.3. The van der Waals surface area contributed by atoms with E-state index in [-0.39, 0.29) is 11.3 Å². The van der Waals surface area contributed by atoms with Gasteiger partial charge in [-0.25, -0.2) is 0 Å². The molecular weight excluding hydrogens is 434 g/mol. The van der Waals surface area contributed by atoms with E-state index in [9.17, 15) is 14.7 Å². The third-order valence-electron chi connectivity index (χ3n) is 5.69. The van der Waals surface area contributed by atoms with Crippen LogP contribution in [0.4, 0.5) is 0 Å². The van der Waals surface area contributed by atoms with Crippen LogP contribution in [0.3, 0.4) is 0 Å². The van der Waals surface area contributed by atoms with Crippen LogP contribution in [-0.2, 0) is 14.3 Å². The number of unbranched alkanes of at least 4 members (excludes halogenated alkanes) is 1. The molecule has 1 amide bonds. The average Bonchev–Trinajstić information content (AvgIpc) is 3.10. The first-order valence-corrected chi connectivity index (χ1v) is 11.7. The van der Waals surface area contributed by atoms with Crippen LogP contribution in [0.25, 0.3) is 5.76 Å². The molecule has 1 aliphatic heterocycles. The smallest absolute Gasteiger partial charge is 0.295 e. The zero-order valence-electron chi connectivity index (χ0n) is 20.1. The largest absolute Gasteiger partial charge is 0.507 e. The van der Waals surface area contributed by atoms with Crippen LogP contribution in [0.2, 0.25) is 0 Å². The summed E-state index contributed by atoms with van der Waals surface area (Å²) in [6.07, 6.45) is 2.56. The predicted octanol–water partition coefficient (Wildman–Crippen LogP) is 4.72. The van der Waals surface area contributed by atoms with Crippen LogP contribution in [0, 0.1) is 0 Å². The molecule has 2 aromatic rings. The van der Waals surface area contributed by atoms with Gasteiger partial charge in [0, 0.05) is 25.8 Å². The molecule has 0 aliphatic carbocycles. The minimum absolute atomic E-state index is 0.0752. The summed E-state index contributed by atoms with van der Waals surface area (Å²) in [4.78, 5) is 27.5. The Kier molecular flexibility index (Phi) is 9.10. The number of hydrogen-bond donors (Lipinski definition) is 1. The summed E-state index contributed by atoms with van der Waals surface area (Å²) in [5.74, 6) is -0.144. The Balaban J connectivity index is 1.98. The zero-order chi connectivity index (χ0) is 24.5. The molecule has 1 fully saturated rings. The van der Waals surface area contributed by atoms with Crippen molar-refractivity contribution in [2.75, 3.05) is 33.5 Å². The fraction of sp³-hybridized carbons (Fsp3) is 0.407. The summed E-state index contributed by atoms with van der Waals surface area (Å²) in [7, 11) is 1.59. The van der Waals surface area contributed by atoms with Gasteiger partial charge in [0.05, 0.1) is 24.8 Å². The number of ether oxygens (including phenoxy) is 3. The van der Waals surface area contributed by atoms with Gasteiger partial charge in [0.1, 0.15) is 17.3 Å². The maximum absolute atomic E-state index is 13.1. The molecular formula is C27H33NO6. The number of methoxy groups -OCH3 is 1. The van der Waals surface area contributed by atoms with E-state index in [4.69, 9.17) is 14.2 Å². The molecule has 0 spiro atoms. The fourth-order valence-electron chi connectivity index (χ4n) is 3.95. The third kappa shape index (κ3) is 5.78. The Morgan fingerprint density at radius 2 is 1.56 bits per heavy atom. The van der Waals surface area contributed by atoms with Crippen LogP contribution in [0.15, 0.2) is 54.1 Å². The molecule has 1 aliphatic rings. The van der Waals surface area contributed by atoms with Gasteiger partial charge in [-0.05, 0) is 61.7 Å². The van der Waals surface area contributed by atoms with Crippen molar-refractivity contribution >= 4 is 17.4 Å². The molecule has 1 saturated heterocycles. The summed E-state index contributed by atoms with van der Waals surface area (Å²) in [6.45, 7) is 5.93. The number of hydrogen-bond acceptors (Lipinski definition) is 6. The lowest BCUT2D eigenvalue weighted by atomic mass is 9.95. The van der Waals surface area contributed by atoms with E-state index in [1.807, 2.05) is 19.1 Å². The summed E-state index contributed by atoms with van der Waals surface area (Å²) in [5, 5.41) is 11.2. The average molecular weight is 468 g/mol. The van der Waals surface area contributed by atoms with Gasteiger partial charge >= 0.3 is 0 Å². The summed E-state index contributed by atoms with van der Waals surface area (Å²) in [6, 6.07) is 13.5. The molecule has 3 rings (SSSR count). The molecule has 0 saturated carbocycles. The van der Waals surface area contributed by atoms with Crippen molar-refractivity contribution in [1.82, 2.24) is 4.90 Å². The lowest BCUT2D eigenvalue weighted by molar-refractivity contribution is -0.140. The summed E-state index contributed by atoms with van der Waals surface area (Å²) >= 11 is 0. The van der Waals surface area contributed by atoms with Crippen LogP contribution in [0.5, 0.6) is 11.5 Å². The van der Waals surface area contributed by atoms with E-state index < -0.39 is 17.7 Å². The molecule has 0 radical (unpaired) electrons. The maximum Gasteiger partial charge on any atom is 0.295 e. The van der Waals surface area contributed by atoms with Crippen molar-refractivity contribution in [1.29, 1.82) is 0 Å². The standard InChI is InChI=1S/C27H33NO6/c1-4-6-18-34-22-14-10-20(11-15-22)25(29)23-24(19-8-12-21(13-9-19)33-5-2)28(16-7-17-32-3)27(31)26(23)30/h8-15,24,29H,4-7,16-18H2,1-3H3/b25-23+. The second-order valence-electron chi connectivity index (χ2n) is 8.07. The Bertz CT molecular complexity index is 997. The SMILES string of the molecule is CCCCOc1ccc(/C(O)=C2\C(=O)C(=O)N(CCCOC)C2c2ccc(OCC)cc2)cc1. The Morgan fingerprint density at radius 3 is 2.18 bits per heavy atom. The molecule has 0 bridgehead atoms. The molecule has 1 unspecified atom stereocenters. The first-order chi connectivity index (χ1) is 16.5. The number of rotatable bonds is 12. The van der Waals surface area contributed by atoms with E-state index in [2.05, 4.69) is 6.92 Å². The molecule has 7 nitrogen and oxygen atoms in total. The quantitative estimate of drug-likeness (QED) is 0.210. The first-order valence-electron chi connectivity index (χ1n) is 11.7. The number of aliphatic hydroxyl groups is 1.